The van der Waals surface area contributed by atoms with Gasteiger partial charge >= 0.3 is 5.97 Å². The van der Waals surface area contributed by atoms with Crippen molar-refractivity contribution in [1.82, 2.24) is 10.6 Å². The maximum Gasteiger partial charge on any atom is 0.328 e. The highest BCUT2D eigenvalue weighted by atomic mass is 16.5. The molecule has 1 unspecified atom stereocenters. The molecule has 0 saturated heterocycles. The molecule has 0 aliphatic carbocycles. The highest BCUT2D eigenvalue weighted by Crippen LogP contribution is 2.13. The maximum atomic E-state index is 12.3. The number of hydrogen-bond acceptors (Lipinski definition) is 4. The molecule has 6 heteroatoms. The lowest BCUT2D eigenvalue weighted by Gasteiger charge is -2.16. The Bertz CT molecular complexity index is 611. The van der Waals surface area contributed by atoms with E-state index in [0.717, 1.165) is 38.5 Å². The molecule has 242 valence electrons. The number of methoxy groups -OCH3 is 1. The Labute approximate surface area is 254 Å². The minimum atomic E-state index is -0.604. The summed E-state index contributed by atoms with van der Waals surface area (Å²) >= 11 is 0. The van der Waals surface area contributed by atoms with Crippen molar-refractivity contribution >= 4 is 17.8 Å². The number of unbranched alkanes of at least 4 members (excludes halogenated alkanes) is 21. The molecule has 0 heterocycles. The van der Waals surface area contributed by atoms with E-state index in [0.29, 0.717) is 25.8 Å². The van der Waals surface area contributed by atoms with Crippen LogP contribution in [0.15, 0.2) is 0 Å². The van der Waals surface area contributed by atoms with Gasteiger partial charge in [-0.05, 0) is 32.1 Å². The van der Waals surface area contributed by atoms with E-state index < -0.39 is 12.0 Å². The molecule has 0 spiro atoms. The van der Waals surface area contributed by atoms with E-state index >= 15 is 0 Å². The van der Waals surface area contributed by atoms with Crippen LogP contribution in [0.3, 0.4) is 0 Å². The first kappa shape index (κ1) is 39.4. The smallest absolute Gasteiger partial charge is 0.328 e. The summed E-state index contributed by atoms with van der Waals surface area (Å²) in [5.74, 6) is -0.349. The fourth-order valence-corrected chi connectivity index (χ4v) is 5.35. The van der Waals surface area contributed by atoms with Crippen molar-refractivity contribution in [3.05, 3.63) is 0 Å². The lowest BCUT2D eigenvalue weighted by atomic mass is 10.0. The number of nitrogens with one attached hydrogen (secondary N) is 2. The summed E-state index contributed by atoms with van der Waals surface area (Å²) in [5, 5.41) is 5.86. The van der Waals surface area contributed by atoms with Gasteiger partial charge in [0.1, 0.15) is 6.04 Å². The molecule has 2 N–H and O–H groups in total. The van der Waals surface area contributed by atoms with E-state index in [-0.39, 0.29) is 11.8 Å². The molecule has 0 aromatic rings. The third-order valence-corrected chi connectivity index (χ3v) is 8.08. The molecular formula is C35H68N2O4. The molecule has 0 aliphatic heterocycles. The summed E-state index contributed by atoms with van der Waals surface area (Å²) in [6, 6.07) is -0.604. The van der Waals surface area contributed by atoms with Crippen LogP contribution in [0, 0.1) is 0 Å². The standard InChI is InChI=1S/C35H68N2O4/c1-4-6-8-10-12-14-15-16-17-19-20-22-24-29-33(38)36-31-27-26-28-32(35(40)41-3)37-34(39)30-25-23-21-18-13-11-9-7-5-2/h32H,4-31H2,1-3H3,(H,36,38)(H,37,39). The van der Waals surface area contributed by atoms with Gasteiger partial charge in [0.05, 0.1) is 7.11 Å². The number of rotatable bonds is 31. The van der Waals surface area contributed by atoms with Crippen LogP contribution >= 0.6 is 0 Å². The SMILES string of the molecule is CCCCCCCCCCCCCCCC(=O)NCCCCC(NC(=O)CCCCCCCCCCC)C(=O)OC. The summed E-state index contributed by atoms with van der Waals surface area (Å²) in [7, 11) is 1.36. The molecule has 0 fully saturated rings. The lowest BCUT2D eigenvalue weighted by Crippen LogP contribution is -2.41. The van der Waals surface area contributed by atoms with Gasteiger partial charge in [0.15, 0.2) is 0 Å². The Morgan fingerprint density at radius 2 is 0.902 bits per heavy atom. The first-order valence-electron chi connectivity index (χ1n) is 17.7. The van der Waals surface area contributed by atoms with Crippen LogP contribution in [0.4, 0.5) is 0 Å². The van der Waals surface area contributed by atoms with Crippen LogP contribution in [-0.4, -0.2) is 37.5 Å². The largest absolute Gasteiger partial charge is 0.467 e. The van der Waals surface area contributed by atoms with E-state index in [1.807, 2.05) is 0 Å². The van der Waals surface area contributed by atoms with Gasteiger partial charge in [-0.15, -0.1) is 0 Å². The average Bonchev–Trinajstić information content (AvgIpc) is 2.97. The van der Waals surface area contributed by atoms with Gasteiger partial charge in [0, 0.05) is 19.4 Å². The zero-order valence-electron chi connectivity index (χ0n) is 27.5. The lowest BCUT2D eigenvalue weighted by molar-refractivity contribution is -0.145. The maximum absolute atomic E-state index is 12.3. The monoisotopic (exact) mass is 581 g/mol. The van der Waals surface area contributed by atoms with Gasteiger partial charge in [0.25, 0.3) is 0 Å². The fraction of sp³-hybridized carbons (Fsp3) is 0.914. The predicted octanol–water partition coefficient (Wildman–Crippen LogP) is 9.33. The van der Waals surface area contributed by atoms with Gasteiger partial charge in [-0.1, -0.05) is 142 Å². The minimum absolute atomic E-state index is 0.0746. The van der Waals surface area contributed by atoms with E-state index in [9.17, 15) is 14.4 Å². The van der Waals surface area contributed by atoms with E-state index in [1.165, 1.54) is 123 Å². The molecule has 0 aromatic carbocycles. The molecule has 1 atom stereocenters. The molecule has 0 aliphatic rings. The number of ether oxygens (including phenoxy) is 1. The number of carbonyl (C=O) groups is 3. The van der Waals surface area contributed by atoms with Crippen LogP contribution in [0.5, 0.6) is 0 Å². The summed E-state index contributed by atoms with van der Waals surface area (Å²) in [6.45, 7) is 5.11. The molecule has 2 amide bonds. The topological polar surface area (TPSA) is 84.5 Å². The summed E-state index contributed by atoms with van der Waals surface area (Å²) in [4.78, 5) is 36.6. The van der Waals surface area contributed by atoms with Crippen LogP contribution in [0.1, 0.15) is 187 Å². The Kier molecular flexibility index (Phi) is 30.1. The second-order valence-electron chi connectivity index (χ2n) is 12.1. The molecular weight excluding hydrogens is 512 g/mol. The third-order valence-electron chi connectivity index (χ3n) is 8.08. The first-order valence-corrected chi connectivity index (χ1v) is 17.7. The van der Waals surface area contributed by atoms with Gasteiger partial charge in [0.2, 0.25) is 11.8 Å². The zero-order chi connectivity index (χ0) is 30.2. The first-order chi connectivity index (χ1) is 20.0. The van der Waals surface area contributed by atoms with Crippen molar-refractivity contribution in [2.24, 2.45) is 0 Å². The quantitative estimate of drug-likeness (QED) is 0.0632. The predicted molar refractivity (Wildman–Crippen MR) is 173 cm³/mol. The van der Waals surface area contributed by atoms with Gasteiger partial charge in [-0.25, -0.2) is 4.79 Å². The molecule has 0 rings (SSSR count). The summed E-state index contributed by atoms with van der Waals surface area (Å²) in [5.41, 5.74) is 0. The van der Waals surface area contributed by atoms with Gasteiger partial charge < -0.3 is 15.4 Å². The Balaban J connectivity index is 3.72. The Hall–Kier alpha value is -1.59. The Morgan fingerprint density at radius 1 is 0.512 bits per heavy atom. The van der Waals surface area contributed by atoms with Crippen molar-refractivity contribution in [2.75, 3.05) is 13.7 Å². The van der Waals surface area contributed by atoms with Gasteiger partial charge in [-0.2, -0.15) is 0 Å². The number of esters is 1. The highest BCUT2D eigenvalue weighted by Gasteiger charge is 2.20. The number of hydrogen-bond donors (Lipinski definition) is 2. The summed E-state index contributed by atoms with van der Waals surface area (Å²) in [6.07, 6.45) is 31.0. The van der Waals surface area contributed by atoms with Crippen molar-refractivity contribution < 1.29 is 19.1 Å². The van der Waals surface area contributed by atoms with Crippen LogP contribution in [0.2, 0.25) is 0 Å². The van der Waals surface area contributed by atoms with Crippen LogP contribution in [0.25, 0.3) is 0 Å². The molecule has 0 aromatic heterocycles. The van der Waals surface area contributed by atoms with Crippen LogP contribution in [-0.2, 0) is 19.1 Å². The minimum Gasteiger partial charge on any atom is -0.467 e. The number of carbonyl (C=O) groups excluding carboxylic acids is 3. The molecule has 0 radical (unpaired) electrons. The number of amides is 2. The second kappa shape index (κ2) is 31.3. The summed E-state index contributed by atoms with van der Waals surface area (Å²) < 4.78 is 4.90. The molecule has 0 saturated carbocycles. The van der Waals surface area contributed by atoms with Crippen molar-refractivity contribution in [2.45, 2.75) is 193 Å². The van der Waals surface area contributed by atoms with E-state index in [2.05, 4.69) is 24.5 Å². The average molecular weight is 581 g/mol. The molecule has 6 nitrogen and oxygen atoms in total. The van der Waals surface area contributed by atoms with E-state index in [1.54, 1.807) is 0 Å². The van der Waals surface area contributed by atoms with Crippen molar-refractivity contribution in [1.29, 1.82) is 0 Å². The fourth-order valence-electron chi connectivity index (χ4n) is 5.35. The molecule has 0 bridgehead atoms. The highest BCUT2D eigenvalue weighted by molar-refractivity contribution is 5.84. The van der Waals surface area contributed by atoms with Crippen LogP contribution < -0.4 is 10.6 Å². The van der Waals surface area contributed by atoms with Crippen molar-refractivity contribution in [3.8, 4) is 0 Å². The zero-order valence-corrected chi connectivity index (χ0v) is 27.5. The van der Waals surface area contributed by atoms with Gasteiger partial charge in [-0.3, -0.25) is 9.59 Å². The third kappa shape index (κ3) is 28.3. The molecule has 41 heavy (non-hydrogen) atoms. The normalized spacial score (nSPS) is 11.8. The Morgan fingerprint density at radius 3 is 1.32 bits per heavy atom. The van der Waals surface area contributed by atoms with E-state index in [4.69, 9.17) is 4.74 Å². The van der Waals surface area contributed by atoms with Crippen molar-refractivity contribution in [3.63, 3.8) is 0 Å². The second-order valence-corrected chi connectivity index (χ2v) is 12.1.